The first-order valence-electron chi connectivity index (χ1n) is 7.63. The Balaban J connectivity index is 1.94. The Labute approximate surface area is 148 Å². The Morgan fingerprint density at radius 2 is 1.65 bits per heavy atom. The van der Waals surface area contributed by atoms with Crippen molar-refractivity contribution in [1.82, 2.24) is 0 Å². The van der Waals surface area contributed by atoms with Gasteiger partial charge in [-0.3, -0.25) is 9.59 Å². The molecule has 0 atom stereocenters. The van der Waals surface area contributed by atoms with Gasteiger partial charge in [-0.15, -0.1) is 0 Å². The number of nitrogens with one attached hydrogen (secondary N) is 2. The maximum Gasteiger partial charge on any atom is 0.471 e. The van der Waals surface area contributed by atoms with Crippen molar-refractivity contribution >= 4 is 23.2 Å². The van der Waals surface area contributed by atoms with E-state index in [9.17, 15) is 22.8 Å². The number of benzene rings is 2. The first-order valence-corrected chi connectivity index (χ1v) is 7.63. The van der Waals surface area contributed by atoms with Crippen molar-refractivity contribution in [3.63, 3.8) is 0 Å². The standard InChI is InChI=1S/C18H17F3N2O3/c1-11-6-7-15(12(2)8-11)26-10-16(24)22-13-4-3-5-14(9-13)23-17(25)18(19,20)21/h3-9H,10H2,1-2H3,(H,22,24)(H,23,25). The van der Waals surface area contributed by atoms with Gasteiger partial charge in [-0.2, -0.15) is 13.2 Å². The molecule has 0 radical (unpaired) electrons. The molecule has 0 saturated carbocycles. The van der Waals surface area contributed by atoms with Gasteiger partial charge in [0.05, 0.1) is 0 Å². The molecular formula is C18H17F3N2O3. The van der Waals surface area contributed by atoms with E-state index in [0.29, 0.717) is 5.75 Å². The van der Waals surface area contributed by atoms with E-state index in [1.165, 1.54) is 24.3 Å². The average molecular weight is 366 g/mol. The predicted molar refractivity (Wildman–Crippen MR) is 91.2 cm³/mol. The fourth-order valence-electron chi connectivity index (χ4n) is 2.18. The van der Waals surface area contributed by atoms with E-state index in [2.05, 4.69) is 5.32 Å². The SMILES string of the molecule is Cc1ccc(OCC(=O)Nc2cccc(NC(=O)C(F)(F)F)c2)c(C)c1. The number of hydrogen-bond donors (Lipinski definition) is 2. The number of amides is 2. The summed E-state index contributed by atoms with van der Waals surface area (Å²) < 4.78 is 42.2. The van der Waals surface area contributed by atoms with Crippen molar-refractivity contribution < 1.29 is 27.5 Å². The maximum absolute atomic E-state index is 12.3. The van der Waals surface area contributed by atoms with Crippen LogP contribution in [0.4, 0.5) is 24.5 Å². The van der Waals surface area contributed by atoms with Crippen LogP contribution in [0.5, 0.6) is 5.75 Å². The van der Waals surface area contributed by atoms with Gasteiger partial charge in [0.2, 0.25) is 0 Å². The summed E-state index contributed by atoms with van der Waals surface area (Å²) in [5.74, 6) is -2.00. The van der Waals surface area contributed by atoms with Crippen molar-refractivity contribution in [2.75, 3.05) is 17.2 Å². The number of ether oxygens (including phenoxy) is 1. The number of carbonyl (C=O) groups is 2. The van der Waals surface area contributed by atoms with Gasteiger partial charge in [-0.1, -0.05) is 23.8 Å². The minimum atomic E-state index is -4.99. The molecule has 2 amide bonds. The summed E-state index contributed by atoms with van der Waals surface area (Å²) >= 11 is 0. The quantitative estimate of drug-likeness (QED) is 0.845. The van der Waals surface area contributed by atoms with Gasteiger partial charge in [0, 0.05) is 11.4 Å². The van der Waals surface area contributed by atoms with Gasteiger partial charge in [0.15, 0.2) is 6.61 Å². The monoisotopic (exact) mass is 366 g/mol. The molecule has 0 heterocycles. The summed E-state index contributed by atoms with van der Waals surface area (Å²) in [6.07, 6.45) is -4.99. The fourth-order valence-corrected chi connectivity index (χ4v) is 2.18. The average Bonchev–Trinajstić information content (AvgIpc) is 2.53. The summed E-state index contributed by atoms with van der Waals surface area (Å²) in [5.41, 5.74) is 2.10. The summed E-state index contributed by atoms with van der Waals surface area (Å²) in [4.78, 5) is 22.9. The normalized spacial score (nSPS) is 11.0. The van der Waals surface area contributed by atoms with Crippen LogP contribution in [-0.4, -0.2) is 24.6 Å². The minimum absolute atomic E-state index is 0.0829. The highest BCUT2D eigenvalue weighted by Crippen LogP contribution is 2.21. The number of aryl methyl sites for hydroxylation is 2. The minimum Gasteiger partial charge on any atom is -0.483 e. The summed E-state index contributed by atoms with van der Waals surface area (Å²) in [6, 6.07) is 10.9. The van der Waals surface area contributed by atoms with Gasteiger partial charge >= 0.3 is 12.1 Å². The zero-order valence-electron chi connectivity index (χ0n) is 14.1. The predicted octanol–water partition coefficient (Wildman–Crippen LogP) is 3.82. The molecule has 2 N–H and O–H groups in total. The highest BCUT2D eigenvalue weighted by atomic mass is 19.4. The molecule has 0 spiro atoms. The van der Waals surface area contributed by atoms with Crippen LogP contribution < -0.4 is 15.4 Å². The number of anilines is 2. The van der Waals surface area contributed by atoms with E-state index < -0.39 is 18.0 Å². The molecular weight excluding hydrogens is 349 g/mol. The van der Waals surface area contributed by atoms with E-state index in [0.717, 1.165) is 11.1 Å². The van der Waals surface area contributed by atoms with Crippen molar-refractivity contribution in [3.05, 3.63) is 53.6 Å². The van der Waals surface area contributed by atoms with Crippen molar-refractivity contribution in [2.24, 2.45) is 0 Å². The molecule has 2 aromatic carbocycles. The first-order chi connectivity index (χ1) is 12.1. The topological polar surface area (TPSA) is 67.4 Å². The molecule has 5 nitrogen and oxygen atoms in total. The summed E-state index contributed by atoms with van der Waals surface area (Å²) in [6.45, 7) is 3.53. The van der Waals surface area contributed by atoms with E-state index >= 15 is 0 Å². The first kappa shape index (κ1) is 19.3. The largest absolute Gasteiger partial charge is 0.483 e. The molecule has 0 aliphatic rings. The zero-order valence-corrected chi connectivity index (χ0v) is 14.1. The number of hydrogen-bond acceptors (Lipinski definition) is 3. The van der Waals surface area contributed by atoms with Crippen LogP contribution in [0.2, 0.25) is 0 Å². The van der Waals surface area contributed by atoms with Crippen molar-refractivity contribution in [2.45, 2.75) is 20.0 Å². The molecule has 0 unspecified atom stereocenters. The Morgan fingerprint density at radius 3 is 2.27 bits per heavy atom. The third-order valence-electron chi connectivity index (χ3n) is 3.35. The second-order valence-corrected chi connectivity index (χ2v) is 5.64. The van der Waals surface area contributed by atoms with E-state index in [1.807, 2.05) is 26.0 Å². The molecule has 0 saturated heterocycles. The molecule has 138 valence electrons. The van der Waals surface area contributed by atoms with Crippen LogP contribution in [-0.2, 0) is 9.59 Å². The number of alkyl halides is 3. The van der Waals surface area contributed by atoms with Gasteiger partial charge in [-0.25, -0.2) is 0 Å². The van der Waals surface area contributed by atoms with Gasteiger partial charge in [0.1, 0.15) is 5.75 Å². The molecule has 0 aliphatic heterocycles. The Hall–Kier alpha value is -3.03. The van der Waals surface area contributed by atoms with Crippen LogP contribution >= 0.6 is 0 Å². The molecule has 0 aromatic heterocycles. The molecule has 2 rings (SSSR count). The number of rotatable bonds is 5. The third-order valence-corrected chi connectivity index (χ3v) is 3.35. The molecule has 0 bridgehead atoms. The second-order valence-electron chi connectivity index (χ2n) is 5.64. The Kier molecular flexibility index (Phi) is 5.86. The van der Waals surface area contributed by atoms with Crippen LogP contribution in [0.25, 0.3) is 0 Å². The Morgan fingerprint density at radius 1 is 1.00 bits per heavy atom. The van der Waals surface area contributed by atoms with Crippen molar-refractivity contribution in [1.29, 1.82) is 0 Å². The molecule has 0 aliphatic carbocycles. The van der Waals surface area contributed by atoms with Gasteiger partial charge < -0.3 is 15.4 Å². The second kappa shape index (κ2) is 7.90. The van der Waals surface area contributed by atoms with Crippen LogP contribution in [0.3, 0.4) is 0 Å². The number of halogens is 3. The molecule has 2 aromatic rings. The van der Waals surface area contributed by atoms with E-state index in [4.69, 9.17) is 4.74 Å². The van der Waals surface area contributed by atoms with E-state index in [1.54, 1.807) is 11.4 Å². The van der Waals surface area contributed by atoms with E-state index in [-0.39, 0.29) is 18.0 Å². The lowest BCUT2D eigenvalue weighted by atomic mass is 10.1. The van der Waals surface area contributed by atoms with Crippen LogP contribution in [0, 0.1) is 13.8 Å². The fraction of sp³-hybridized carbons (Fsp3) is 0.222. The molecule has 26 heavy (non-hydrogen) atoms. The van der Waals surface area contributed by atoms with Gasteiger partial charge in [-0.05, 0) is 43.7 Å². The maximum atomic E-state index is 12.3. The van der Waals surface area contributed by atoms with Crippen molar-refractivity contribution in [3.8, 4) is 5.75 Å². The molecule has 8 heteroatoms. The highest BCUT2D eigenvalue weighted by molar-refractivity contribution is 5.96. The zero-order chi connectivity index (χ0) is 19.3. The third kappa shape index (κ3) is 5.51. The lowest BCUT2D eigenvalue weighted by Crippen LogP contribution is -2.30. The molecule has 0 fully saturated rings. The smallest absolute Gasteiger partial charge is 0.471 e. The van der Waals surface area contributed by atoms with Gasteiger partial charge in [0.25, 0.3) is 5.91 Å². The Bertz CT molecular complexity index is 820. The lowest BCUT2D eigenvalue weighted by molar-refractivity contribution is -0.167. The van der Waals surface area contributed by atoms with Crippen LogP contribution in [0.1, 0.15) is 11.1 Å². The highest BCUT2D eigenvalue weighted by Gasteiger charge is 2.38. The summed E-state index contributed by atoms with van der Waals surface area (Å²) in [5, 5.41) is 4.22. The summed E-state index contributed by atoms with van der Waals surface area (Å²) in [7, 11) is 0. The lowest BCUT2D eigenvalue weighted by Gasteiger charge is -2.12. The van der Waals surface area contributed by atoms with Crippen LogP contribution in [0.15, 0.2) is 42.5 Å². The number of carbonyl (C=O) groups excluding carboxylic acids is 2.